The lowest BCUT2D eigenvalue weighted by Crippen LogP contribution is -3.08. The maximum absolute atomic E-state index is 12.4. The minimum absolute atomic E-state index is 0.119. The highest BCUT2D eigenvalue weighted by atomic mass is 35.5. The highest BCUT2D eigenvalue weighted by Gasteiger charge is 2.15. The normalized spacial score (nSPS) is 11.6. The third-order valence-corrected chi connectivity index (χ3v) is 4.17. The van der Waals surface area contributed by atoms with Gasteiger partial charge in [-0.15, -0.1) is 0 Å². The van der Waals surface area contributed by atoms with E-state index in [1.54, 1.807) is 32.4 Å². The quantitative estimate of drug-likeness (QED) is 0.686. The Hall–Kier alpha value is -2.44. The molecule has 2 N–H and O–H groups in total. The van der Waals surface area contributed by atoms with Gasteiger partial charge in [-0.1, -0.05) is 11.6 Å². The molecule has 27 heavy (non-hydrogen) atoms. The topological polar surface area (TPSA) is 61.2 Å². The zero-order valence-electron chi connectivity index (χ0n) is 16.1. The Morgan fingerprint density at radius 1 is 1.07 bits per heavy atom. The first kappa shape index (κ1) is 20.9. The predicted octanol–water partition coefficient (Wildman–Crippen LogP) is 2.41. The average Bonchev–Trinajstić information content (AvgIpc) is 2.63. The Morgan fingerprint density at radius 2 is 1.78 bits per heavy atom. The van der Waals surface area contributed by atoms with Crippen LogP contribution in [0.15, 0.2) is 36.4 Å². The maximum atomic E-state index is 12.4. The number of carbonyl (C=O) groups excluding carboxylic acids is 1. The molecule has 6 nitrogen and oxygen atoms in total. The van der Waals surface area contributed by atoms with Gasteiger partial charge in [-0.2, -0.15) is 0 Å². The molecule has 1 amide bonds. The number of hydrogen-bond acceptors (Lipinski definition) is 4. The van der Waals surface area contributed by atoms with Crippen LogP contribution in [0.5, 0.6) is 17.2 Å². The Balaban J connectivity index is 1.98. The first-order valence-corrected chi connectivity index (χ1v) is 9.09. The van der Waals surface area contributed by atoms with Gasteiger partial charge >= 0.3 is 0 Å². The lowest BCUT2D eigenvalue weighted by atomic mass is 10.2. The molecule has 0 radical (unpaired) electrons. The number of carbonyl (C=O) groups is 1. The molecule has 0 fully saturated rings. The van der Waals surface area contributed by atoms with Gasteiger partial charge in [-0.3, -0.25) is 4.79 Å². The molecule has 2 aromatic rings. The van der Waals surface area contributed by atoms with Gasteiger partial charge in [0.15, 0.2) is 18.0 Å². The number of quaternary nitrogens is 1. The second-order valence-electron chi connectivity index (χ2n) is 6.12. The molecule has 0 bridgehead atoms. The molecular weight excluding hydrogens is 368 g/mol. The van der Waals surface area contributed by atoms with Gasteiger partial charge < -0.3 is 24.4 Å². The van der Waals surface area contributed by atoms with E-state index in [1.165, 1.54) is 0 Å². The van der Waals surface area contributed by atoms with Gasteiger partial charge in [0.25, 0.3) is 5.91 Å². The minimum Gasteiger partial charge on any atom is -0.495 e. The number of amides is 1. The minimum atomic E-state index is -0.119. The van der Waals surface area contributed by atoms with E-state index in [4.69, 9.17) is 25.8 Å². The zero-order valence-corrected chi connectivity index (χ0v) is 16.9. The van der Waals surface area contributed by atoms with E-state index in [9.17, 15) is 4.79 Å². The fourth-order valence-corrected chi connectivity index (χ4v) is 2.93. The van der Waals surface area contributed by atoms with E-state index in [-0.39, 0.29) is 5.91 Å². The van der Waals surface area contributed by atoms with E-state index in [0.717, 1.165) is 10.5 Å². The predicted molar refractivity (Wildman–Crippen MR) is 106 cm³/mol. The number of benzene rings is 2. The summed E-state index contributed by atoms with van der Waals surface area (Å²) in [5.74, 6) is 1.86. The molecule has 0 saturated carbocycles. The van der Waals surface area contributed by atoms with Gasteiger partial charge in [0.2, 0.25) is 0 Å². The summed E-state index contributed by atoms with van der Waals surface area (Å²) in [5.41, 5.74) is 1.62. The van der Waals surface area contributed by atoms with Crippen LogP contribution in [0.4, 0.5) is 5.69 Å². The van der Waals surface area contributed by atoms with Gasteiger partial charge in [0, 0.05) is 10.6 Å². The molecular formula is C20H26ClN2O4+. The number of rotatable bonds is 9. The third-order valence-electron chi connectivity index (χ3n) is 3.93. The molecule has 1 unspecified atom stereocenters. The molecule has 2 rings (SSSR count). The Labute approximate surface area is 165 Å². The second-order valence-corrected chi connectivity index (χ2v) is 6.56. The fraction of sp³-hybridized carbons (Fsp3) is 0.350. The van der Waals surface area contributed by atoms with Gasteiger partial charge in [0.1, 0.15) is 12.3 Å². The van der Waals surface area contributed by atoms with Gasteiger partial charge in [0.05, 0.1) is 33.6 Å². The number of ether oxygens (including phenoxy) is 3. The van der Waals surface area contributed by atoms with Crippen LogP contribution in [0.25, 0.3) is 0 Å². The number of hydrogen-bond donors (Lipinski definition) is 2. The number of likely N-dealkylation sites (N-methyl/N-ethyl adjacent to an activating group) is 1. The number of methoxy groups -OCH3 is 2. The smallest absolute Gasteiger partial charge is 0.279 e. The fourth-order valence-electron chi connectivity index (χ4n) is 2.75. The van der Waals surface area contributed by atoms with Crippen LogP contribution in [0.2, 0.25) is 5.02 Å². The second kappa shape index (κ2) is 10.0. The largest absolute Gasteiger partial charge is 0.495 e. The first-order valence-electron chi connectivity index (χ1n) is 8.71. The first-order chi connectivity index (χ1) is 13.0. The number of halogens is 1. The lowest BCUT2D eigenvalue weighted by molar-refractivity contribution is -0.885. The van der Waals surface area contributed by atoms with Crippen LogP contribution in [0, 0.1) is 0 Å². The summed E-state index contributed by atoms with van der Waals surface area (Å²) in [7, 11) is 5.12. The van der Waals surface area contributed by atoms with Gasteiger partial charge in [-0.25, -0.2) is 0 Å². The van der Waals surface area contributed by atoms with E-state index in [0.29, 0.717) is 47.7 Å². The van der Waals surface area contributed by atoms with Crippen LogP contribution < -0.4 is 24.4 Å². The van der Waals surface area contributed by atoms with E-state index < -0.39 is 0 Å². The van der Waals surface area contributed by atoms with Crippen molar-refractivity contribution in [2.75, 3.05) is 39.7 Å². The molecule has 0 aliphatic carbocycles. The van der Waals surface area contributed by atoms with E-state index in [2.05, 4.69) is 5.32 Å². The Morgan fingerprint density at radius 3 is 2.44 bits per heavy atom. The summed E-state index contributed by atoms with van der Waals surface area (Å²) in [6.45, 7) is 3.47. The molecule has 0 aromatic heterocycles. The molecule has 0 spiro atoms. The highest BCUT2D eigenvalue weighted by Crippen LogP contribution is 2.28. The van der Waals surface area contributed by atoms with E-state index >= 15 is 0 Å². The molecule has 0 heterocycles. The van der Waals surface area contributed by atoms with Crippen molar-refractivity contribution >= 4 is 23.2 Å². The van der Waals surface area contributed by atoms with Crippen LogP contribution in [0.1, 0.15) is 12.5 Å². The molecule has 0 saturated heterocycles. The van der Waals surface area contributed by atoms with Crippen molar-refractivity contribution < 1.29 is 23.9 Å². The monoisotopic (exact) mass is 393 g/mol. The summed E-state index contributed by atoms with van der Waals surface area (Å²) >= 11 is 6.00. The zero-order chi connectivity index (χ0) is 19.8. The van der Waals surface area contributed by atoms with Crippen molar-refractivity contribution in [1.82, 2.24) is 0 Å². The van der Waals surface area contributed by atoms with Crippen molar-refractivity contribution in [2.24, 2.45) is 0 Å². The number of anilines is 1. The summed E-state index contributed by atoms with van der Waals surface area (Å²) in [6, 6.07) is 10.9. The Bertz CT molecular complexity index is 783. The average molecular weight is 394 g/mol. The molecule has 2 aromatic carbocycles. The molecule has 0 aliphatic rings. The molecule has 7 heteroatoms. The van der Waals surface area contributed by atoms with Crippen molar-refractivity contribution in [3.05, 3.63) is 47.0 Å². The molecule has 0 aliphatic heterocycles. The van der Waals surface area contributed by atoms with Crippen LogP contribution in [-0.2, 0) is 11.3 Å². The lowest BCUT2D eigenvalue weighted by Gasteiger charge is -2.16. The summed E-state index contributed by atoms with van der Waals surface area (Å²) < 4.78 is 16.2. The van der Waals surface area contributed by atoms with Crippen LogP contribution in [0.3, 0.4) is 0 Å². The summed E-state index contributed by atoms with van der Waals surface area (Å²) in [5, 5.41) is 3.39. The summed E-state index contributed by atoms with van der Waals surface area (Å²) in [4.78, 5) is 13.4. The third kappa shape index (κ3) is 6.05. The van der Waals surface area contributed by atoms with E-state index in [1.807, 2.05) is 32.2 Å². The molecule has 146 valence electrons. The molecule has 1 atom stereocenters. The van der Waals surface area contributed by atoms with Crippen molar-refractivity contribution in [2.45, 2.75) is 13.5 Å². The Kier molecular flexibility index (Phi) is 7.76. The number of nitrogens with one attached hydrogen (secondary N) is 2. The summed E-state index contributed by atoms with van der Waals surface area (Å²) in [6.07, 6.45) is 0. The SMILES string of the molecule is CCOc1ccc(C[NH+](C)CC(=O)Nc2cc(Cl)ccc2OC)cc1OC. The highest BCUT2D eigenvalue weighted by molar-refractivity contribution is 6.31. The van der Waals surface area contributed by atoms with Crippen molar-refractivity contribution in [1.29, 1.82) is 0 Å². The maximum Gasteiger partial charge on any atom is 0.279 e. The van der Waals surface area contributed by atoms with Crippen LogP contribution >= 0.6 is 11.6 Å². The standard InChI is InChI=1S/C20H25ClN2O4/c1-5-27-18-8-6-14(10-19(18)26-4)12-23(2)13-20(24)22-16-11-15(21)7-9-17(16)25-3/h6-11H,5,12-13H2,1-4H3,(H,22,24)/p+1. The van der Waals surface area contributed by atoms with Crippen molar-refractivity contribution in [3.63, 3.8) is 0 Å². The van der Waals surface area contributed by atoms with Crippen LogP contribution in [-0.4, -0.2) is 40.3 Å². The van der Waals surface area contributed by atoms with Gasteiger partial charge in [-0.05, 0) is 43.3 Å². The van der Waals surface area contributed by atoms with Crippen molar-refractivity contribution in [3.8, 4) is 17.2 Å².